The Hall–Kier alpha value is -4.09. The lowest BCUT2D eigenvalue weighted by atomic mass is 10.0. The van der Waals surface area contributed by atoms with Crippen molar-refractivity contribution in [1.82, 2.24) is 4.31 Å². The summed E-state index contributed by atoms with van der Waals surface area (Å²) in [6.07, 6.45) is 0.627. The average Bonchev–Trinajstić information content (AvgIpc) is 2.87. The van der Waals surface area contributed by atoms with Crippen molar-refractivity contribution >= 4 is 33.3 Å². The lowest BCUT2D eigenvalue weighted by molar-refractivity contribution is -0.384. The Balaban J connectivity index is 1.33. The number of anilines is 1. The molecule has 180 valence electrons. The van der Waals surface area contributed by atoms with E-state index in [1.165, 1.54) is 52.8 Å². The number of nitro groups is 1. The molecule has 0 saturated heterocycles. The summed E-state index contributed by atoms with van der Waals surface area (Å²) in [6, 6.07) is 18.2. The molecule has 0 aromatic heterocycles. The molecule has 11 heteroatoms. The van der Waals surface area contributed by atoms with Gasteiger partial charge in [0.2, 0.25) is 10.0 Å². The second-order valence-electron chi connectivity index (χ2n) is 7.81. The number of amides is 1. The van der Waals surface area contributed by atoms with Crippen LogP contribution in [0, 0.1) is 10.1 Å². The molecule has 1 aliphatic rings. The third kappa shape index (κ3) is 5.53. The highest BCUT2D eigenvalue weighted by Crippen LogP contribution is 2.25. The van der Waals surface area contributed by atoms with Gasteiger partial charge in [0.25, 0.3) is 11.6 Å². The highest BCUT2D eigenvalue weighted by molar-refractivity contribution is 7.89. The summed E-state index contributed by atoms with van der Waals surface area (Å²) in [6.45, 7) is 0.0717. The molecule has 0 fully saturated rings. The van der Waals surface area contributed by atoms with E-state index in [1.807, 2.05) is 24.3 Å². The number of esters is 1. The van der Waals surface area contributed by atoms with E-state index in [9.17, 15) is 28.1 Å². The van der Waals surface area contributed by atoms with Crippen molar-refractivity contribution < 1.29 is 27.7 Å². The highest BCUT2D eigenvalue weighted by Gasteiger charge is 2.28. The van der Waals surface area contributed by atoms with Crippen molar-refractivity contribution in [3.63, 3.8) is 0 Å². The van der Waals surface area contributed by atoms with Gasteiger partial charge in [-0.25, -0.2) is 13.2 Å². The van der Waals surface area contributed by atoms with Crippen LogP contribution in [0.15, 0.2) is 77.7 Å². The first kappa shape index (κ1) is 24.0. The summed E-state index contributed by atoms with van der Waals surface area (Å²) in [7, 11) is -3.74. The van der Waals surface area contributed by atoms with Crippen LogP contribution in [-0.2, 0) is 32.5 Å². The van der Waals surface area contributed by atoms with Gasteiger partial charge in [-0.1, -0.05) is 24.3 Å². The number of rotatable bonds is 7. The number of hydrogen-bond acceptors (Lipinski definition) is 7. The number of nitrogens with one attached hydrogen (secondary N) is 1. The second-order valence-corrected chi connectivity index (χ2v) is 9.75. The minimum absolute atomic E-state index is 0.0596. The first-order valence-corrected chi connectivity index (χ1v) is 12.1. The first-order chi connectivity index (χ1) is 16.7. The molecule has 1 aliphatic heterocycles. The van der Waals surface area contributed by atoms with E-state index >= 15 is 0 Å². The molecule has 0 unspecified atom stereocenters. The van der Waals surface area contributed by atoms with E-state index in [1.54, 1.807) is 0 Å². The fourth-order valence-corrected chi connectivity index (χ4v) is 5.08. The zero-order chi connectivity index (χ0) is 25.0. The van der Waals surface area contributed by atoms with Gasteiger partial charge < -0.3 is 10.1 Å². The zero-order valence-corrected chi connectivity index (χ0v) is 19.2. The number of sulfonamides is 1. The topological polar surface area (TPSA) is 136 Å². The molecule has 0 radical (unpaired) electrons. The van der Waals surface area contributed by atoms with Crippen LogP contribution in [-0.4, -0.2) is 42.7 Å². The van der Waals surface area contributed by atoms with E-state index in [4.69, 9.17) is 4.74 Å². The fraction of sp³-hybridized carbons (Fsp3) is 0.167. The molecular weight excluding hydrogens is 474 g/mol. The third-order valence-electron chi connectivity index (χ3n) is 5.52. The summed E-state index contributed by atoms with van der Waals surface area (Å²) < 4.78 is 32.5. The predicted octanol–water partition coefficient (Wildman–Crippen LogP) is 3.14. The van der Waals surface area contributed by atoms with Gasteiger partial charge in [0.1, 0.15) is 0 Å². The summed E-state index contributed by atoms with van der Waals surface area (Å²) >= 11 is 0. The molecule has 0 bridgehead atoms. The van der Waals surface area contributed by atoms with Crippen molar-refractivity contribution in [2.75, 3.05) is 18.5 Å². The Morgan fingerprint density at radius 2 is 1.63 bits per heavy atom. The Morgan fingerprint density at radius 1 is 0.971 bits per heavy atom. The molecule has 3 aromatic rings. The van der Waals surface area contributed by atoms with Gasteiger partial charge in [-0.3, -0.25) is 14.9 Å². The molecule has 4 rings (SSSR count). The Kier molecular flexibility index (Phi) is 6.90. The average molecular weight is 496 g/mol. The van der Waals surface area contributed by atoms with Crippen molar-refractivity contribution in [3.05, 3.63) is 99.6 Å². The number of benzene rings is 3. The molecule has 1 N–H and O–H groups in total. The number of non-ortho nitro benzene ring substituents is 1. The number of fused-ring (bicyclic) bond motifs is 1. The van der Waals surface area contributed by atoms with Crippen LogP contribution >= 0.6 is 0 Å². The highest BCUT2D eigenvalue weighted by atomic mass is 32.2. The van der Waals surface area contributed by atoms with Crippen molar-refractivity contribution in [2.45, 2.75) is 17.9 Å². The van der Waals surface area contributed by atoms with Gasteiger partial charge >= 0.3 is 5.97 Å². The van der Waals surface area contributed by atoms with Gasteiger partial charge in [-0.05, 0) is 53.9 Å². The number of carbonyl (C=O) groups excluding carboxylic acids is 2. The number of ether oxygens (including phenoxy) is 1. The maximum atomic E-state index is 13.0. The van der Waals surface area contributed by atoms with Gasteiger partial charge in [0.15, 0.2) is 6.61 Å². The Labute approximate surface area is 201 Å². The summed E-state index contributed by atoms with van der Waals surface area (Å²) in [4.78, 5) is 34.5. The smallest absolute Gasteiger partial charge is 0.338 e. The van der Waals surface area contributed by atoms with Crippen LogP contribution in [0.1, 0.15) is 21.5 Å². The lowest BCUT2D eigenvalue weighted by Crippen LogP contribution is -2.35. The van der Waals surface area contributed by atoms with Crippen LogP contribution in [0.2, 0.25) is 0 Å². The summed E-state index contributed by atoms with van der Waals surface area (Å²) in [5.74, 6) is -1.42. The molecular formula is C24H21N3O7S. The minimum Gasteiger partial charge on any atom is -0.452 e. The predicted molar refractivity (Wildman–Crippen MR) is 126 cm³/mol. The van der Waals surface area contributed by atoms with Gasteiger partial charge in [0, 0.05) is 30.9 Å². The van der Waals surface area contributed by atoms with E-state index < -0.39 is 33.4 Å². The Morgan fingerprint density at radius 3 is 2.29 bits per heavy atom. The number of nitrogens with zero attached hydrogens (tertiary/aromatic N) is 2. The van der Waals surface area contributed by atoms with Crippen LogP contribution in [0.3, 0.4) is 0 Å². The van der Waals surface area contributed by atoms with E-state index in [0.29, 0.717) is 18.7 Å². The van der Waals surface area contributed by atoms with Gasteiger partial charge in [-0.15, -0.1) is 0 Å². The SMILES string of the molecule is O=C(COC(=O)c1ccc(S(=O)(=O)N2CCc3ccccc3C2)cc1)Nc1ccc([N+](=O)[O-])cc1. The van der Waals surface area contributed by atoms with Crippen molar-refractivity contribution in [3.8, 4) is 0 Å². The van der Waals surface area contributed by atoms with Gasteiger partial charge in [0.05, 0.1) is 15.4 Å². The molecule has 1 heterocycles. The standard InChI is InChI=1S/C24H21N3O7S/c28-23(25-20-7-9-21(10-8-20)27(30)31)16-34-24(29)18-5-11-22(12-6-18)35(32,33)26-14-13-17-3-1-2-4-19(17)15-26/h1-12H,13-16H2,(H,25,28). The number of nitro benzene ring substituents is 1. The molecule has 0 spiro atoms. The quantitative estimate of drug-likeness (QED) is 0.302. The van der Waals surface area contributed by atoms with Crippen LogP contribution < -0.4 is 5.32 Å². The molecule has 0 saturated carbocycles. The zero-order valence-electron chi connectivity index (χ0n) is 18.4. The molecule has 35 heavy (non-hydrogen) atoms. The third-order valence-corrected chi connectivity index (χ3v) is 7.38. The second kappa shape index (κ2) is 10.0. The lowest BCUT2D eigenvalue weighted by Gasteiger charge is -2.28. The summed E-state index contributed by atoms with van der Waals surface area (Å²) in [5, 5.41) is 13.1. The Bertz CT molecular complexity index is 1370. The molecule has 3 aromatic carbocycles. The van der Waals surface area contributed by atoms with E-state index in [-0.39, 0.29) is 22.7 Å². The van der Waals surface area contributed by atoms with Crippen LogP contribution in [0.25, 0.3) is 0 Å². The number of hydrogen-bond donors (Lipinski definition) is 1. The largest absolute Gasteiger partial charge is 0.452 e. The van der Waals surface area contributed by atoms with Gasteiger partial charge in [-0.2, -0.15) is 4.31 Å². The van der Waals surface area contributed by atoms with Crippen molar-refractivity contribution in [1.29, 1.82) is 0 Å². The summed E-state index contributed by atoms with van der Waals surface area (Å²) in [5.41, 5.74) is 2.39. The maximum absolute atomic E-state index is 13.0. The van der Waals surface area contributed by atoms with E-state index in [2.05, 4.69) is 5.32 Å². The van der Waals surface area contributed by atoms with Crippen LogP contribution in [0.4, 0.5) is 11.4 Å². The molecule has 0 atom stereocenters. The maximum Gasteiger partial charge on any atom is 0.338 e. The molecule has 10 nitrogen and oxygen atoms in total. The monoisotopic (exact) mass is 495 g/mol. The van der Waals surface area contributed by atoms with E-state index in [0.717, 1.165) is 11.1 Å². The normalized spacial score (nSPS) is 13.5. The number of carbonyl (C=O) groups is 2. The fourth-order valence-electron chi connectivity index (χ4n) is 3.67. The van der Waals surface area contributed by atoms with Crippen LogP contribution in [0.5, 0.6) is 0 Å². The first-order valence-electron chi connectivity index (χ1n) is 10.6. The molecule has 0 aliphatic carbocycles. The van der Waals surface area contributed by atoms with Crippen molar-refractivity contribution in [2.24, 2.45) is 0 Å². The molecule has 1 amide bonds. The minimum atomic E-state index is -3.74.